The van der Waals surface area contributed by atoms with Gasteiger partial charge in [0.1, 0.15) is 0 Å². The fraction of sp³-hybridized carbons (Fsp3) is 0.318. The summed E-state index contributed by atoms with van der Waals surface area (Å²) in [5.41, 5.74) is 3.89. The van der Waals surface area contributed by atoms with Gasteiger partial charge < -0.3 is 29.6 Å². The number of fused-ring (bicyclic) bond motifs is 3. The van der Waals surface area contributed by atoms with Crippen LogP contribution in [-0.2, 0) is 17.8 Å². The molecule has 150 valence electrons. The third-order valence-electron chi connectivity index (χ3n) is 5.15. The van der Waals surface area contributed by atoms with Gasteiger partial charge in [-0.05, 0) is 41.8 Å². The Morgan fingerprint density at radius 3 is 2.69 bits per heavy atom. The summed E-state index contributed by atoms with van der Waals surface area (Å²) in [6.07, 6.45) is 3.35. The molecule has 3 aliphatic heterocycles. The fourth-order valence-corrected chi connectivity index (χ4v) is 3.69. The highest BCUT2D eigenvalue weighted by Gasteiger charge is 2.20. The lowest BCUT2D eigenvalue weighted by Gasteiger charge is -2.23. The minimum Gasteiger partial charge on any atom is -0.490 e. The third-order valence-corrected chi connectivity index (χ3v) is 5.15. The molecule has 7 nitrogen and oxygen atoms in total. The largest absolute Gasteiger partial charge is 0.490 e. The van der Waals surface area contributed by atoms with E-state index in [4.69, 9.17) is 18.9 Å². The fourth-order valence-electron chi connectivity index (χ4n) is 3.69. The zero-order valence-electron chi connectivity index (χ0n) is 16.0. The van der Waals surface area contributed by atoms with Crippen molar-refractivity contribution >= 4 is 11.6 Å². The van der Waals surface area contributed by atoms with E-state index >= 15 is 0 Å². The molecule has 0 aliphatic carbocycles. The lowest BCUT2D eigenvalue weighted by Crippen LogP contribution is -2.26. The molecule has 1 amide bonds. The number of rotatable bonds is 3. The van der Waals surface area contributed by atoms with Gasteiger partial charge in [-0.1, -0.05) is 6.07 Å². The molecule has 2 aromatic rings. The summed E-state index contributed by atoms with van der Waals surface area (Å²) in [6.45, 7) is 2.71. The molecule has 0 aromatic heterocycles. The van der Waals surface area contributed by atoms with Crippen LogP contribution < -0.4 is 29.6 Å². The molecule has 0 radical (unpaired) electrons. The number of carbonyl (C=O) groups is 1. The van der Waals surface area contributed by atoms with Gasteiger partial charge in [-0.15, -0.1) is 0 Å². The van der Waals surface area contributed by atoms with Gasteiger partial charge >= 0.3 is 0 Å². The maximum Gasteiger partial charge on any atom is 0.246 e. The Hall–Kier alpha value is -3.35. The molecule has 29 heavy (non-hydrogen) atoms. The van der Waals surface area contributed by atoms with E-state index in [1.807, 2.05) is 30.3 Å². The quantitative estimate of drug-likeness (QED) is 0.779. The maximum atomic E-state index is 12.5. The number of carbonyl (C=O) groups excluding carboxylic acids is 1. The molecular formula is C22H22N2O5. The van der Waals surface area contributed by atoms with Crippen LogP contribution in [0.4, 0.5) is 0 Å². The van der Waals surface area contributed by atoms with Crippen molar-refractivity contribution in [3.63, 3.8) is 0 Å². The van der Waals surface area contributed by atoms with Gasteiger partial charge in [0.15, 0.2) is 23.0 Å². The van der Waals surface area contributed by atoms with E-state index in [-0.39, 0.29) is 12.7 Å². The molecule has 2 N–H and O–H groups in total. The Balaban J connectivity index is 1.32. The van der Waals surface area contributed by atoms with Crippen molar-refractivity contribution in [2.75, 3.05) is 26.6 Å². The Labute approximate surface area is 168 Å². The Kier molecular flexibility index (Phi) is 4.63. The molecule has 7 heteroatoms. The first kappa shape index (κ1) is 17.7. The summed E-state index contributed by atoms with van der Waals surface area (Å²) < 4.78 is 22.3. The molecular weight excluding hydrogens is 372 g/mol. The van der Waals surface area contributed by atoms with Crippen LogP contribution in [-0.4, -0.2) is 32.5 Å². The van der Waals surface area contributed by atoms with Crippen LogP contribution in [0.5, 0.6) is 23.0 Å². The highest BCUT2D eigenvalue weighted by atomic mass is 16.7. The molecule has 0 saturated carbocycles. The zero-order valence-corrected chi connectivity index (χ0v) is 16.0. The molecule has 2 aromatic carbocycles. The molecule has 0 saturated heterocycles. The minimum atomic E-state index is -0.162. The van der Waals surface area contributed by atoms with Crippen molar-refractivity contribution in [1.82, 2.24) is 10.6 Å². The van der Waals surface area contributed by atoms with E-state index in [0.29, 0.717) is 25.5 Å². The van der Waals surface area contributed by atoms with Crippen molar-refractivity contribution in [2.45, 2.75) is 19.4 Å². The van der Waals surface area contributed by atoms with Crippen molar-refractivity contribution in [3.05, 3.63) is 53.1 Å². The molecule has 0 fully saturated rings. The monoisotopic (exact) mass is 394 g/mol. The number of amides is 1. The van der Waals surface area contributed by atoms with Crippen molar-refractivity contribution in [3.8, 4) is 23.0 Å². The van der Waals surface area contributed by atoms with Gasteiger partial charge in [0.2, 0.25) is 12.7 Å². The first-order valence-electron chi connectivity index (χ1n) is 9.81. The van der Waals surface area contributed by atoms with Gasteiger partial charge in [0.25, 0.3) is 0 Å². The van der Waals surface area contributed by atoms with Gasteiger partial charge in [-0.3, -0.25) is 4.79 Å². The first-order valence-corrected chi connectivity index (χ1v) is 9.81. The SMILES string of the molecule is O=C(C=C1NCCc2cc3c(cc21)OCCCO3)NCc1ccc2c(c1)OCO2. The average molecular weight is 394 g/mol. The Morgan fingerprint density at radius 1 is 1.00 bits per heavy atom. The van der Waals surface area contributed by atoms with E-state index in [1.165, 1.54) is 0 Å². The summed E-state index contributed by atoms with van der Waals surface area (Å²) in [6, 6.07) is 9.67. The second kappa shape index (κ2) is 7.58. The highest BCUT2D eigenvalue weighted by molar-refractivity contribution is 5.95. The maximum absolute atomic E-state index is 12.5. The second-order valence-corrected chi connectivity index (χ2v) is 7.15. The average Bonchev–Trinajstić information content (AvgIpc) is 3.08. The van der Waals surface area contributed by atoms with E-state index in [0.717, 1.165) is 59.0 Å². The van der Waals surface area contributed by atoms with Crippen LogP contribution in [0, 0.1) is 0 Å². The smallest absolute Gasteiger partial charge is 0.246 e. The number of hydrogen-bond donors (Lipinski definition) is 2. The van der Waals surface area contributed by atoms with Gasteiger partial charge in [-0.2, -0.15) is 0 Å². The lowest BCUT2D eigenvalue weighted by atomic mass is 9.96. The molecule has 5 rings (SSSR count). The van der Waals surface area contributed by atoms with E-state index in [9.17, 15) is 4.79 Å². The molecule has 3 heterocycles. The summed E-state index contributed by atoms with van der Waals surface area (Å²) in [4.78, 5) is 12.5. The van der Waals surface area contributed by atoms with Crippen LogP contribution in [0.2, 0.25) is 0 Å². The van der Waals surface area contributed by atoms with E-state index in [2.05, 4.69) is 10.6 Å². The van der Waals surface area contributed by atoms with Crippen LogP contribution in [0.3, 0.4) is 0 Å². The van der Waals surface area contributed by atoms with Crippen molar-refractivity contribution in [2.24, 2.45) is 0 Å². The summed E-state index contributed by atoms with van der Waals surface area (Å²) in [7, 11) is 0. The van der Waals surface area contributed by atoms with Crippen LogP contribution in [0.25, 0.3) is 5.70 Å². The first-order chi connectivity index (χ1) is 14.3. The zero-order chi connectivity index (χ0) is 19.6. The molecule has 0 unspecified atom stereocenters. The van der Waals surface area contributed by atoms with E-state index in [1.54, 1.807) is 6.08 Å². The predicted molar refractivity (Wildman–Crippen MR) is 106 cm³/mol. The number of hydrogen-bond acceptors (Lipinski definition) is 6. The highest BCUT2D eigenvalue weighted by Crippen LogP contribution is 2.36. The molecule has 0 bridgehead atoms. The summed E-state index contributed by atoms with van der Waals surface area (Å²) in [5, 5.41) is 6.26. The second-order valence-electron chi connectivity index (χ2n) is 7.15. The number of benzene rings is 2. The van der Waals surface area contributed by atoms with Crippen LogP contribution >= 0.6 is 0 Å². The molecule has 3 aliphatic rings. The topological polar surface area (TPSA) is 78.1 Å². The summed E-state index contributed by atoms with van der Waals surface area (Å²) >= 11 is 0. The van der Waals surface area contributed by atoms with Crippen molar-refractivity contribution < 1.29 is 23.7 Å². The number of ether oxygens (including phenoxy) is 4. The Morgan fingerprint density at radius 2 is 1.79 bits per heavy atom. The van der Waals surface area contributed by atoms with Crippen LogP contribution in [0.1, 0.15) is 23.1 Å². The molecule has 0 atom stereocenters. The van der Waals surface area contributed by atoms with Gasteiger partial charge in [-0.25, -0.2) is 0 Å². The summed E-state index contributed by atoms with van der Waals surface area (Å²) in [5.74, 6) is 2.80. The number of nitrogens with one attached hydrogen (secondary N) is 2. The predicted octanol–water partition coefficient (Wildman–Crippen LogP) is 2.38. The van der Waals surface area contributed by atoms with Gasteiger partial charge in [0.05, 0.1) is 13.2 Å². The molecule has 0 spiro atoms. The van der Waals surface area contributed by atoms with Gasteiger partial charge in [0, 0.05) is 36.8 Å². The Bertz CT molecular complexity index is 985. The minimum absolute atomic E-state index is 0.162. The third kappa shape index (κ3) is 3.68. The normalized spacial score (nSPS) is 17.9. The van der Waals surface area contributed by atoms with Crippen molar-refractivity contribution in [1.29, 1.82) is 0 Å². The standard InChI is InChI=1S/C22H22N2O5/c25-22(24-12-14-2-3-18-19(8-14)29-13-28-18)11-17-16-10-21-20(26-6-1-7-27-21)9-15(16)4-5-23-17/h2-3,8-11,23H,1,4-7,12-13H2,(H,24,25). The lowest BCUT2D eigenvalue weighted by molar-refractivity contribution is -0.116. The van der Waals surface area contributed by atoms with E-state index < -0.39 is 0 Å². The van der Waals surface area contributed by atoms with Crippen LogP contribution in [0.15, 0.2) is 36.4 Å².